The quantitative estimate of drug-likeness (QED) is 0.498. The van der Waals surface area contributed by atoms with E-state index in [0.29, 0.717) is 52.9 Å². The number of carbonyl (C=O) groups excluding carboxylic acids is 1. The summed E-state index contributed by atoms with van der Waals surface area (Å²) in [5.41, 5.74) is 4.12. The SMILES string of the molecule is C=C1CC(n2c(CC(=O)Nc3cnc(C)nc3C)nc3cnc4ccc(C#N)cc4c32)CCO1. The monoisotopic (exact) mass is 453 g/mol. The fourth-order valence-corrected chi connectivity index (χ4v) is 4.44. The molecule has 0 radical (unpaired) electrons. The summed E-state index contributed by atoms with van der Waals surface area (Å²) in [7, 11) is 0. The van der Waals surface area contributed by atoms with Crippen LogP contribution in [-0.2, 0) is 16.0 Å². The van der Waals surface area contributed by atoms with Crippen LogP contribution in [0, 0.1) is 25.2 Å². The number of allylic oxidation sites excluding steroid dienone is 1. The minimum atomic E-state index is -0.215. The van der Waals surface area contributed by atoms with Crippen molar-refractivity contribution in [3.63, 3.8) is 0 Å². The summed E-state index contributed by atoms with van der Waals surface area (Å²) < 4.78 is 7.69. The van der Waals surface area contributed by atoms with E-state index in [1.807, 2.05) is 19.1 Å². The minimum Gasteiger partial charge on any atom is -0.498 e. The lowest BCUT2D eigenvalue weighted by molar-refractivity contribution is -0.115. The van der Waals surface area contributed by atoms with Crippen LogP contribution in [-0.4, -0.2) is 37.0 Å². The molecule has 34 heavy (non-hydrogen) atoms. The van der Waals surface area contributed by atoms with Crippen LogP contribution in [0.4, 0.5) is 5.69 Å². The van der Waals surface area contributed by atoms with Gasteiger partial charge in [-0.15, -0.1) is 0 Å². The summed E-state index contributed by atoms with van der Waals surface area (Å²) >= 11 is 0. The smallest absolute Gasteiger partial charge is 0.232 e. The Kier molecular flexibility index (Phi) is 5.42. The van der Waals surface area contributed by atoms with E-state index in [1.54, 1.807) is 25.4 Å². The first-order chi connectivity index (χ1) is 16.4. The first-order valence-electron chi connectivity index (χ1n) is 11.0. The van der Waals surface area contributed by atoms with Crippen LogP contribution >= 0.6 is 0 Å². The highest BCUT2D eigenvalue weighted by atomic mass is 16.5. The number of fused-ring (bicyclic) bond motifs is 3. The van der Waals surface area contributed by atoms with E-state index >= 15 is 0 Å². The number of anilines is 1. The third kappa shape index (κ3) is 3.94. The number of benzene rings is 1. The molecule has 170 valence electrons. The number of aryl methyl sites for hydroxylation is 2. The number of ether oxygens (including phenoxy) is 1. The molecule has 1 saturated heterocycles. The molecule has 1 N–H and O–H groups in total. The van der Waals surface area contributed by atoms with E-state index in [9.17, 15) is 10.1 Å². The molecule has 5 rings (SSSR count). The van der Waals surface area contributed by atoms with Crippen molar-refractivity contribution in [3.8, 4) is 6.07 Å². The summed E-state index contributed by atoms with van der Waals surface area (Å²) in [6, 6.07) is 7.63. The average Bonchev–Trinajstić information content (AvgIpc) is 3.18. The van der Waals surface area contributed by atoms with E-state index < -0.39 is 0 Å². The zero-order valence-corrected chi connectivity index (χ0v) is 19.0. The van der Waals surface area contributed by atoms with Crippen molar-refractivity contribution in [3.05, 3.63) is 65.8 Å². The van der Waals surface area contributed by atoms with Crippen LogP contribution in [0.1, 0.15) is 41.8 Å². The van der Waals surface area contributed by atoms with Gasteiger partial charge in [0.25, 0.3) is 0 Å². The normalized spacial score (nSPS) is 15.8. The topological polar surface area (TPSA) is 119 Å². The second-order valence-corrected chi connectivity index (χ2v) is 8.41. The van der Waals surface area contributed by atoms with Crippen molar-refractivity contribution >= 4 is 33.5 Å². The van der Waals surface area contributed by atoms with Gasteiger partial charge in [-0.2, -0.15) is 5.26 Å². The van der Waals surface area contributed by atoms with E-state index in [0.717, 1.165) is 22.8 Å². The van der Waals surface area contributed by atoms with Crippen LogP contribution in [0.5, 0.6) is 0 Å². The molecule has 1 aliphatic rings. The molecule has 0 aliphatic carbocycles. The summed E-state index contributed by atoms with van der Waals surface area (Å²) in [5.74, 6) is 1.76. The van der Waals surface area contributed by atoms with Crippen molar-refractivity contribution in [2.24, 2.45) is 0 Å². The Labute approximate surface area is 196 Å². The molecule has 1 fully saturated rings. The molecule has 0 saturated carbocycles. The lowest BCUT2D eigenvalue weighted by atomic mass is 10.1. The van der Waals surface area contributed by atoms with E-state index in [-0.39, 0.29) is 18.4 Å². The van der Waals surface area contributed by atoms with Gasteiger partial charge in [-0.05, 0) is 32.0 Å². The molecule has 4 aromatic rings. The van der Waals surface area contributed by atoms with Gasteiger partial charge in [-0.1, -0.05) is 6.58 Å². The van der Waals surface area contributed by atoms with Gasteiger partial charge in [0.2, 0.25) is 5.91 Å². The molecule has 9 nitrogen and oxygen atoms in total. The largest absolute Gasteiger partial charge is 0.498 e. The predicted octanol–water partition coefficient (Wildman–Crippen LogP) is 3.91. The number of nitrogens with zero attached hydrogens (tertiary/aromatic N) is 6. The number of imidazole rings is 1. The number of carbonyl (C=O) groups is 1. The van der Waals surface area contributed by atoms with Crippen molar-refractivity contribution in [1.29, 1.82) is 5.26 Å². The third-order valence-electron chi connectivity index (χ3n) is 6.00. The maximum atomic E-state index is 13.0. The number of nitrogens with one attached hydrogen (secondary N) is 1. The van der Waals surface area contributed by atoms with Gasteiger partial charge in [0.1, 0.15) is 17.2 Å². The molecule has 3 aromatic heterocycles. The molecule has 1 amide bonds. The summed E-state index contributed by atoms with van der Waals surface area (Å²) in [6.07, 6.45) is 4.76. The zero-order chi connectivity index (χ0) is 23.8. The maximum absolute atomic E-state index is 13.0. The number of nitriles is 1. The van der Waals surface area contributed by atoms with Crippen LogP contribution in [0.15, 0.2) is 42.9 Å². The van der Waals surface area contributed by atoms with Crippen LogP contribution in [0.3, 0.4) is 0 Å². The average molecular weight is 454 g/mol. The first-order valence-corrected chi connectivity index (χ1v) is 11.0. The van der Waals surface area contributed by atoms with Crippen molar-refractivity contribution in [1.82, 2.24) is 24.5 Å². The third-order valence-corrected chi connectivity index (χ3v) is 6.00. The standard InChI is InChI=1S/C25H23N7O2/c1-14-8-18(6-7-34-14)32-23(10-24(33)31-21-12-27-16(3)29-15(21)2)30-22-13-28-20-5-4-17(11-26)9-19(20)25(22)32/h4-5,9,12-13,18H,1,6-8,10H2,2-3H3,(H,31,33). The maximum Gasteiger partial charge on any atom is 0.232 e. The molecule has 1 aliphatic heterocycles. The lowest BCUT2D eigenvalue weighted by Crippen LogP contribution is -2.23. The number of rotatable bonds is 4. The van der Waals surface area contributed by atoms with E-state index in [4.69, 9.17) is 9.72 Å². The Morgan fingerprint density at radius 1 is 1.26 bits per heavy atom. The number of pyridine rings is 1. The molecule has 0 spiro atoms. The number of aromatic nitrogens is 5. The lowest BCUT2D eigenvalue weighted by Gasteiger charge is -2.27. The fraction of sp³-hybridized carbons (Fsp3) is 0.280. The van der Waals surface area contributed by atoms with Gasteiger partial charge >= 0.3 is 0 Å². The van der Waals surface area contributed by atoms with Gasteiger partial charge in [0.05, 0.1) is 65.2 Å². The van der Waals surface area contributed by atoms with Gasteiger partial charge in [0.15, 0.2) is 0 Å². The Bertz CT molecular complexity index is 1500. The van der Waals surface area contributed by atoms with Crippen molar-refractivity contribution in [2.45, 2.75) is 39.2 Å². The first kappa shape index (κ1) is 21.5. The molecule has 1 aromatic carbocycles. The van der Waals surface area contributed by atoms with Gasteiger partial charge < -0.3 is 14.6 Å². The summed E-state index contributed by atoms with van der Waals surface area (Å²) in [4.78, 5) is 30.8. The number of amides is 1. The van der Waals surface area contributed by atoms with Crippen molar-refractivity contribution < 1.29 is 9.53 Å². The Morgan fingerprint density at radius 2 is 2.12 bits per heavy atom. The van der Waals surface area contributed by atoms with E-state index in [1.165, 1.54) is 0 Å². The van der Waals surface area contributed by atoms with Crippen LogP contribution in [0.2, 0.25) is 0 Å². The molecular formula is C25H23N7O2. The zero-order valence-electron chi connectivity index (χ0n) is 19.0. The Morgan fingerprint density at radius 3 is 2.88 bits per heavy atom. The molecule has 1 atom stereocenters. The van der Waals surface area contributed by atoms with E-state index in [2.05, 4.69) is 37.5 Å². The highest BCUT2D eigenvalue weighted by molar-refractivity contribution is 6.03. The van der Waals surface area contributed by atoms with Gasteiger partial charge in [-0.3, -0.25) is 9.78 Å². The van der Waals surface area contributed by atoms with Crippen LogP contribution < -0.4 is 5.32 Å². The molecule has 1 unspecified atom stereocenters. The van der Waals surface area contributed by atoms with Crippen molar-refractivity contribution in [2.75, 3.05) is 11.9 Å². The van der Waals surface area contributed by atoms with Gasteiger partial charge in [0, 0.05) is 24.3 Å². The molecule has 4 heterocycles. The number of hydrogen-bond donors (Lipinski definition) is 1. The number of hydrogen-bond acceptors (Lipinski definition) is 7. The Hall–Kier alpha value is -4.32. The van der Waals surface area contributed by atoms with Crippen LogP contribution in [0.25, 0.3) is 21.9 Å². The van der Waals surface area contributed by atoms with Gasteiger partial charge in [-0.25, -0.2) is 15.0 Å². The Balaban J connectivity index is 1.61. The highest BCUT2D eigenvalue weighted by Crippen LogP contribution is 2.34. The molecule has 0 bridgehead atoms. The molecular weight excluding hydrogens is 430 g/mol. The summed E-state index contributed by atoms with van der Waals surface area (Å²) in [5, 5.41) is 13.2. The second-order valence-electron chi connectivity index (χ2n) is 8.41. The highest BCUT2D eigenvalue weighted by Gasteiger charge is 2.26. The minimum absolute atomic E-state index is 0.0230. The summed E-state index contributed by atoms with van der Waals surface area (Å²) in [6.45, 7) is 8.18. The predicted molar refractivity (Wildman–Crippen MR) is 127 cm³/mol. The fourth-order valence-electron chi connectivity index (χ4n) is 4.44. The second kappa shape index (κ2) is 8.56. The molecule has 9 heteroatoms.